The van der Waals surface area contributed by atoms with Gasteiger partial charge in [-0.1, -0.05) is 37.6 Å². The first-order valence-electron chi connectivity index (χ1n) is 10.5. The van der Waals surface area contributed by atoms with Crippen LogP contribution in [0, 0.1) is 5.92 Å². The van der Waals surface area contributed by atoms with Crippen molar-refractivity contribution in [1.82, 2.24) is 5.32 Å². The lowest BCUT2D eigenvalue weighted by Crippen LogP contribution is -2.35. The molecule has 1 heterocycles. The van der Waals surface area contributed by atoms with Crippen molar-refractivity contribution in [3.8, 4) is 0 Å². The molecule has 0 aliphatic carbocycles. The lowest BCUT2D eigenvalue weighted by Gasteiger charge is -2.33. The second kappa shape index (κ2) is 10.4. The molecule has 5 heteroatoms. The van der Waals surface area contributed by atoms with Gasteiger partial charge < -0.3 is 10.2 Å². The maximum atomic E-state index is 12.8. The molecule has 1 N–H and O–H groups in total. The van der Waals surface area contributed by atoms with Crippen molar-refractivity contribution in [3.05, 3.63) is 59.1 Å². The molecule has 1 amide bonds. The van der Waals surface area contributed by atoms with Gasteiger partial charge in [0.05, 0.1) is 11.3 Å². The van der Waals surface area contributed by atoms with Crippen LogP contribution < -0.4 is 10.2 Å². The van der Waals surface area contributed by atoms with E-state index in [0.29, 0.717) is 5.02 Å². The molecule has 2 aromatic carbocycles. The van der Waals surface area contributed by atoms with E-state index in [0.717, 1.165) is 35.9 Å². The van der Waals surface area contributed by atoms with Gasteiger partial charge in [0.15, 0.2) is 0 Å². The minimum atomic E-state index is -0.118. The highest BCUT2D eigenvalue weighted by Crippen LogP contribution is 2.28. The number of halogens is 1. The number of thioether (sulfide) groups is 1. The molecule has 1 fully saturated rings. The van der Waals surface area contributed by atoms with Crippen LogP contribution in [0.4, 0.5) is 5.69 Å². The van der Waals surface area contributed by atoms with E-state index in [1.54, 1.807) is 11.8 Å². The number of anilines is 1. The third kappa shape index (κ3) is 6.16. The average molecular weight is 431 g/mol. The summed E-state index contributed by atoms with van der Waals surface area (Å²) in [5.41, 5.74) is 2.42. The largest absolute Gasteiger partial charge is 0.371 e. The topological polar surface area (TPSA) is 32.3 Å². The van der Waals surface area contributed by atoms with Gasteiger partial charge in [0, 0.05) is 28.7 Å². The second-order valence-corrected chi connectivity index (χ2v) is 9.70. The number of nitrogens with zero attached hydrogens (tertiary/aromatic N) is 1. The molecule has 0 aromatic heterocycles. The molecule has 2 aromatic rings. The van der Waals surface area contributed by atoms with E-state index in [1.165, 1.54) is 18.5 Å². The van der Waals surface area contributed by atoms with E-state index in [9.17, 15) is 4.79 Å². The number of amides is 1. The third-order valence-electron chi connectivity index (χ3n) is 5.53. The lowest BCUT2D eigenvalue weighted by atomic mass is 9.99. The van der Waals surface area contributed by atoms with Gasteiger partial charge >= 0.3 is 0 Å². The van der Waals surface area contributed by atoms with Crippen molar-refractivity contribution in [1.29, 1.82) is 0 Å². The number of carbonyl (C=O) groups is 1. The Labute approximate surface area is 184 Å². The van der Waals surface area contributed by atoms with E-state index in [1.807, 2.05) is 31.2 Å². The van der Waals surface area contributed by atoms with Crippen LogP contribution in [0.1, 0.15) is 51.6 Å². The van der Waals surface area contributed by atoms with Crippen molar-refractivity contribution < 1.29 is 4.79 Å². The zero-order valence-corrected chi connectivity index (χ0v) is 19.1. The van der Waals surface area contributed by atoms with E-state index in [-0.39, 0.29) is 17.2 Å². The van der Waals surface area contributed by atoms with Crippen LogP contribution in [0.5, 0.6) is 0 Å². The van der Waals surface area contributed by atoms with Gasteiger partial charge in [0.25, 0.3) is 0 Å². The standard InChI is InChI=1S/C24H31ClN2OS/c1-4-23(29-22-13-9-20(25)10-14-22)24(28)26-18(3)19-7-11-21(12-8-19)27-15-5-6-17(2)16-27/h7-14,17-18,23H,4-6,15-16H2,1-3H3,(H,26,28)/t17-,18+,23-/m1/s1. The molecule has 1 aliphatic rings. The molecular formula is C24H31ClN2OS. The number of carbonyl (C=O) groups excluding carboxylic acids is 1. The monoisotopic (exact) mass is 430 g/mol. The summed E-state index contributed by atoms with van der Waals surface area (Å²) in [5, 5.41) is 3.78. The summed E-state index contributed by atoms with van der Waals surface area (Å²) in [6.07, 6.45) is 3.36. The minimum Gasteiger partial charge on any atom is -0.371 e. The Bertz CT molecular complexity index is 794. The molecule has 0 spiro atoms. The summed E-state index contributed by atoms with van der Waals surface area (Å²) in [4.78, 5) is 16.3. The average Bonchev–Trinajstić information content (AvgIpc) is 2.73. The van der Waals surface area contributed by atoms with Crippen molar-refractivity contribution in [3.63, 3.8) is 0 Å². The molecule has 156 valence electrons. The Morgan fingerprint density at radius 3 is 2.52 bits per heavy atom. The molecule has 0 bridgehead atoms. The van der Waals surface area contributed by atoms with E-state index in [2.05, 4.69) is 48.3 Å². The highest BCUT2D eigenvalue weighted by Gasteiger charge is 2.21. The number of hydrogen-bond donors (Lipinski definition) is 1. The molecular weight excluding hydrogens is 400 g/mol. The maximum absolute atomic E-state index is 12.8. The third-order valence-corrected chi connectivity index (χ3v) is 7.16. The summed E-state index contributed by atoms with van der Waals surface area (Å²) >= 11 is 7.54. The Kier molecular flexibility index (Phi) is 7.91. The first kappa shape index (κ1) is 22.0. The second-order valence-electron chi connectivity index (χ2n) is 7.98. The zero-order valence-electron chi connectivity index (χ0n) is 17.5. The van der Waals surface area contributed by atoms with Crippen LogP contribution in [0.3, 0.4) is 0 Å². The number of piperidine rings is 1. The molecule has 1 saturated heterocycles. The van der Waals surface area contributed by atoms with Crippen molar-refractivity contribution in [2.45, 2.75) is 56.2 Å². The molecule has 3 rings (SSSR count). The quantitative estimate of drug-likeness (QED) is 0.521. The van der Waals surface area contributed by atoms with Crippen LogP contribution in [-0.2, 0) is 4.79 Å². The summed E-state index contributed by atoms with van der Waals surface area (Å²) in [6.45, 7) is 8.69. The van der Waals surface area contributed by atoms with Gasteiger partial charge in [-0.3, -0.25) is 4.79 Å². The summed E-state index contributed by atoms with van der Waals surface area (Å²) in [6, 6.07) is 16.3. The first-order valence-corrected chi connectivity index (χ1v) is 11.8. The van der Waals surface area contributed by atoms with Crippen molar-refractivity contribution in [2.75, 3.05) is 18.0 Å². The highest BCUT2D eigenvalue weighted by molar-refractivity contribution is 8.00. The van der Waals surface area contributed by atoms with Gasteiger partial charge in [-0.2, -0.15) is 0 Å². The van der Waals surface area contributed by atoms with Crippen LogP contribution in [0.25, 0.3) is 0 Å². The van der Waals surface area contributed by atoms with Gasteiger partial charge in [-0.15, -0.1) is 11.8 Å². The van der Waals surface area contributed by atoms with Gasteiger partial charge in [0.2, 0.25) is 5.91 Å². The fourth-order valence-electron chi connectivity index (χ4n) is 3.79. The molecule has 3 nitrogen and oxygen atoms in total. The van der Waals surface area contributed by atoms with Gasteiger partial charge in [0.1, 0.15) is 0 Å². The Hall–Kier alpha value is -1.65. The van der Waals surface area contributed by atoms with Crippen LogP contribution >= 0.6 is 23.4 Å². The van der Waals surface area contributed by atoms with Crippen LogP contribution in [0.15, 0.2) is 53.4 Å². The fraction of sp³-hybridized carbons (Fsp3) is 0.458. The lowest BCUT2D eigenvalue weighted by molar-refractivity contribution is -0.121. The molecule has 3 atom stereocenters. The van der Waals surface area contributed by atoms with Crippen molar-refractivity contribution in [2.24, 2.45) is 5.92 Å². The number of rotatable bonds is 7. The normalized spacial score (nSPS) is 18.9. The molecule has 0 saturated carbocycles. The first-order chi connectivity index (χ1) is 14.0. The number of nitrogens with one attached hydrogen (secondary N) is 1. The highest BCUT2D eigenvalue weighted by atomic mass is 35.5. The Morgan fingerprint density at radius 1 is 1.21 bits per heavy atom. The van der Waals surface area contributed by atoms with Gasteiger partial charge in [-0.25, -0.2) is 0 Å². The summed E-state index contributed by atoms with van der Waals surface area (Å²) in [5.74, 6) is 0.833. The Balaban J connectivity index is 1.58. The number of hydrogen-bond acceptors (Lipinski definition) is 3. The fourth-order valence-corrected chi connectivity index (χ4v) is 4.88. The zero-order chi connectivity index (χ0) is 20.8. The van der Waals surface area contributed by atoms with Crippen molar-refractivity contribution >= 4 is 35.0 Å². The smallest absolute Gasteiger partial charge is 0.233 e. The SMILES string of the molecule is CC[C@@H](Sc1ccc(Cl)cc1)C(=O)N[C@@H](C)c1ccc(N2CCC[C@@H](C)C2)cc1. The predicted molar refractivity (Wildman–Crippen MR) is 125 cm³/mol. The minimum absolute atomic E-state index is 0.0169. The van der Waals surface area contributed by atoms with Crippen LogP contribution in [-0.4, -0.2) is 24.2 Å². The van der Waals surface area contributed by atoms with E-state index >= 15 is 0 Å². The predicted octanol–water partition coefficient (Wildman–Crippen LogP) is 6.32. The summed E-state index contributed by atoms with van der Waals surface area (Å²) < 4.78 is 0. The van der Waals surface area contributed by atoms with E-state index < -0.39 is 0 Å². The molecule has 0 radical (unpaired) electrons. The van der Waals surface area contributed by atoms with E-state index in [4.69, 9.17) is 11.6 Å². The van der Waals surface area contributed by atoms with Gasteiger partial charge in [-0.05, 0) is 74.1 Å². The maximum Gasteiger partial charge on any atom is 0.233 e. The summed E-state index contributed by atoms with van der Waals surface area (Å²) in [7, 11) is 0. The molecule has 29 heavy (non-hydrogen) atoms. The Morgan fingerprint density at radius 2 is 1.90 bits per heavy atom. The molecule has 1 aliphatic heterocycles. The number of benzene rings is 2. The molecule has 0 unspecified atom stereocenters. The van der Waals surface area contributed by atoms with Crippen LogP contribution in [0.2, 0.25) is 5.02 Å².